The molecule has 0 radical (unpaired) electrons. The first-order valence-corrected chi connectivity index (χ1v) is 12.4. The quantitative estimate of drug-likeness (QED) is 0.556. The van der Waals surface area contributed by atoms with Crippen LogP contribution < -0.4 is 10.1 Å². The van der Waals surface area contributed by atoms with E-state index in [0.717, 1.165) is 23.1 Å². The number of amidine groups is 1. The molecule has 2 amide bonds. The highest BCUT2D eigenvalue weighted by Crippen LogP contribution is 2.33. The van der Waals surface area contributed by atoms with Gasteiger partial charge in [-0.2, -0.15) is 8.42 Å². The first kappa shape index (κ1) is 23.3. The van der Waals surface area contributed by atoms with E-state index in [-0.39, 0.29) is 28.2 Å². The van der Waals surface area contributed by atoms with Crippen LogP contribution in [0, 0.1) is 0 Å². The predicted octanol–water partition coefficient (Wildman–Crippen LogP) is 3.61. The van der Waals surface area contributed by atoms with Gasteiger partial charge in [0.1, 0.15) is 15.2 Å². The first-order chi connectivity index (χ1) is 14.7. The molecule has 0 aliphatic carbocycles. The first-order valence-electron chi connectivity index (χ1n) is 8.86. The number of nitrogens with zero attached hydrogens (tertiary/aromatic N) is 2. The summed E-state index contributed by atoms with van der Waals surface area (Å²) in [4.78, 5) is 26.4. The third kappa shape index (κ3) is 5.67. The molecule has 3 rings (SSSR count). The molecule has 1 fully saturated rings. The number of hydrogen-bond acceptors (Lipinski definition) is 7. The molecule has 1 aliphatic rings. The summed E-state index contributed by atoms with van der Waals surface area (Å²) in [5, 5.41) is 1.90. The zero-order valence-electron chi connectivity index (χ0n) is 16.3. The normalized spacial score (nSPS) is 17.7. The number of rotatable bonds is 8. The molecular weight excluding hydrogens is 482 g/mol. The second kappa shape index (κ2) is 9.86. The maximum absolute atomic E-state index is 12.8. The molecule has 8 nitrogen and oxygen atoms in total. The Balaban J connectivity index is 1.75. The van der Waals surface area contributed by atoms with Crippen LogP contribution in [0.4, 0.5) is 5.69 Å². The number of carbonyl (C=O) groups excluding carboxylic acids is 2. The van der Waals surface area contributed by atoms with Gasteiger partial charge in [0.15, 0.2) is 5.17 Å². The number of anilines is 1. The minimum atomic E-state index is -4.04. The molecule has 2 heterocycles. The standard InChI is InChI=1S/C19H18ClN3O5S3/c1-3-10-23-18(25)14(11-16(24)21-12-4-6-13(28-2)7-5-12)29-19(23)22-31(26,27)17-9-8-15(20)30-17/h3-9,14H,1,10-11H2,2H3,(H,21,24). The number of carbonyl (C=O) groups is 2. The van der Waals surface area contributed by atoms with Crippen molar-refractivity contribution in [3.8, 4) is 5.75 Å². The maximum Gasteiger partial charge on any atom is 0.294 e. The number of halogens is 1. The van der Waals surface area contributed by atoms with Gasteiger partial charge in [-0.15, -0.1) is 22.3 Å². The zero-order valence-corrected chi connectivity index (χ0v) is 19.5. The molecule has 2 aromatic rings. The van der Waals surface area contributed by atoms with E-state index in [9.17, 15) is 18.0 Å². The van der Waals surface area contributed by atoms with Crippen LogP contribution in [0.25, 0.3) is 0 Å². The minimum absolute atomic E-state index is 0.00308. The molecular formula is C19H18ClN3O5S3. The van der Waals surface area contributed by atoms with Crippen molar-refractivity contribution in [2.45, 2.75) is 15.9 Å². The van der Waals surface area contributed by atoms with Gasteiger partial charge in [-0.3, -0.25) is 14.5 Å². The summed E-state index contributed by atoms with van der Waals surface area (Å²) >= 11 is 7.62. The lowest BCUT2D eigenvalue weighted by atomic mass is 10.2. The van der Waals surface area contributed by atoms with Crippen molar-refractivity contribution in [2.75, 3.05) is 19.0 Å². The molecule has 1 aromatic carbocycles. The van der Waals surface area contributed by atoms with Crippen molar-refractivity contribution in [1.29, 1.82) is 0 Å². The van der Waals surface area contributed by atoms with E-state index >= 15 is 0 Å². The smallest absolute Gasteiger partial charge is 0.294 e. The Morgan fingerprint density at radius 1 is 1.32 bits per heavy atom. The van der Waals surface area contributed by atoms with Gasteiger partial charge in [0.05, 0.1) is 11.4 Å². The van der Waals surface area contributed by atoms with Gasteiger partial charge in [-0.1, -0.05) is 29.4 Å². The molecule has 12 heteroatoms. The summed E-state index contributed by atoms with van der Waals surface area (Å²) in [5.74, 6) is -0.148. The Morgan fingerprint density at radius 2 is 2.03 bits per heavy atom. The fraction of sp³-hybridized carbons (Fsp3) is 0.211. The van der Waals surface area contributed by atoms with Crippen LogP contribution in [0.1, 0.15) is 6.42 Å². The minimum Gasteiger partial charge on any atom is -0.497 e. The summed E-state index contributed by atoms with van der Waals surface area (Å²) in [6.07, 6.45) is 1.31. The largest absolute Gasteiger partial charge is 0.497 e. The summed E-state index contributed by atoms with van der Waals surface area (Å²) < 4.78 is 34.3. The third-order valence-corrected chi connectivity index (χ3v) is 8.33. The van der Waals surface area contributed by atoms with Crippen molar-refractivity contribution >= 4 is 67.4 Å². The molecule has 0 bridgehead atoms. The Labute approximate surface area is 193 Å². The zero-order chi connectivity index (χ0) is 22.6. The predicted molar refractivity (Wildman–Crippen MR) is 123 cm³/mol. The lowest BCUT2D eigenvalue weighted by Crippen LogP contribution is -2.33. The second-order valence-corrected chi connectivity index (χ2v) is 10.9. The lowest BCUT2D eigenvalue weighted by Gasteiger charge is -2.13. The second-order valence-electron chi connectivity index (χ2n) is 6.23. The van der Waals surface area contributed by atoms with Crippen LogP contribution in [0.15, 0.2) is 57.7 Å². The van der Waals surface area contributed by atoms with Crippen molar-refractivity contribution in [2.24, 2.45) is 4.40 Å². The van der Waals surface area contributed by atoms with E-state index in [4.69, 9.17) is 16.3 Å². The number of benzene rings is 1. The topological polar surface area (TPSA) is 105 Å². The highest BCUT2D eigenvalue weighted by molar-refractivity contribution is 8.16. The van der Waals surface area contributed by atoms with Crippen LogP contribution >= 0.6 is 34.7 Å². The molecule has 1 atom stereocenters. The summed E-state index contributed by atoms with van der Waals surface area (Å²) in [5.41, 5.74) is 0.551. The molecule has 1 aromatic heterocycles. The maximum atomic E-state index is 12.8. The van der Waals surface area contributed by atoms with E-state index in [2.05, 4.69) is 16.3 Å². The van der Waals surface area contributed by atoms with Crippen LogP contribution in [0.3, 0.4) is 0 Å². The number of sulfonamides is 1. The monoisotopic (exact) mass is 499 g/mol. The Bertz CT molecular complexity index is 1130. The molecule has 31 heavy (non-hydrogen) atoms. The number of amides is 2. The number of thioether (sulfide) groups is 1. The lowest BCUT2D eigenvalue weighted by molar-refractivity contribution is -0.127. The Kier molecular flexibility index (Phi) is 7.42. The van der Waals surface area contributed by atoms with E-state index < -0.39 is 21.2 Å². The van der Waals surface area contributed by atoms with Crippen molar-refractivity contribution in [3.63, 3.8) is 0 Å². The van der Waals surface area contributed by atoms with Crippen LogP contribution in [0.5, 0.6) is 5.75 Å². The van der Waals surface area contributed by atoms with Gasteiger partial charge < -0.3 is 10.1 Å². The van der Waals surface area contributed by atoms with Crippen LogP contribution in [-0.4, -0.2) is 49.2 Å². The van der Waals surface area contributed by atoms with E-state index in [1.54, 1.807) is 24.3 Å². The highest BCUT2D eigenvalue weighted by Gasteiger charge is 2.39. The number of thiophene rings is 1. The van der Waals surface area contributed by atoms with E-state index in [0.29, 0.717) is 15.8 Å². The molecule has 1 aliphatic heterocycles. The number of methoxy groups -OCH3 is 1. The van der Waals surface area contributed by atoms with Gasteiger partial charge in [-0.05, 0) is 36.4 Å². The Hall–Kier alpha value is -2.34. The third-order valence-electron chi connectivity index (χ3n) is 4.08. The van der Waals surface area contributed by atoms with Gasteiger partial charge in [0.25, 0.3) is 10.0 Å². The van der Waals surface area contributed by atoms with Crippen molar-refractivity contribution in [3.05, 3.63) is 53.4 Å². The average Bonchev–Trinajstić information content (AvgIpc) is 3.28. The number of ether oxygens (including phenoxy) is 1. The number of hydrogen-bond donors (Lipinski definition) is 1. The van der Waals surface area contributed by atoms with Crippen molar-refractivity contribution < 1.29 is 22.7 Å². The van der Waals surface area contributed by atoms with Gasteiger partial charge in [0, 0.05) is 18.7 Å². The van der Waals surface area contributed by atoms with E-state index in [1.165, 1.54) is 30.2 Å². The van der Waals surface area contributed by atoms with Crippen molar-refractivity contribution in [1.82, 2.24) is 4.90 Å². The average molecular weight is 500 g/mol. The van der Waals surface area contributed by atoms with Gasteiger partial charge >= 0.3 is 0 Å². The Morgan fingerprint density at radius 3 is 2.61 bits per heavy atom. The summed E-state index contributed by atoms with van der Waals surface area (Å²) in [7, 11) is -2.50. The molecule has 0 spiro atoms. The fourth-order valence-electron chi connectivity index (χ4n) is 2.65. The summed E-state index contributed by atoms with van der Waals surface area (Å²) in [6.45, 7) is 3.67. The fourth-order valence-corrected chi connectivity index (χ4v) is 6.47. The van der Waals surface area contributed by atoms with Crippen LogP contribution in [0.2, 0.25) is 4.34 Å². The summed E-state index contributed by atoms with van der Waals surface area (Å²) in [6, 6.07) is 9.56. The SMILES string of the molecule is C=CCN1C(=O)C(CC(=O)Nc2ccc(OC)cc2)SC1=NS(=O)(=O)c1ccc(Cl)s1. The molecule has 0 saturated carbocycles. The van der Waals surface area contributed by atoms with Crippen LogP contribution in [-0.2, 0) is 19.6 Å². The molecule has 164 valence electrons. The molecule has 1 N–H and O–H groups in total. The molecule has 1 unspecified atom stereocenters. The van der Waals surface area contributed by atoms with Gasteiger partial charge in [0.2, 0.25) is 11.8 Å². The molecule has 1 saturated heterocycles. The number of nitrogens with one attached hydrogen (secondary N) is 1. The van der Waals surface area contributed by atoms with E-state index in [1.807, 2.05) is 0 Å². The highest BCUT2D eigenvalue weighted by atomic mass is 35.5. The van der Waals surface area contributed by atoms with Gasteiger partial charge in [-0.25, -0.2) is 0 Å².